The Kier molecular flexibility index (Phi) is 8.10. The fraction of sp³-hybridized carbons (Fsp3) is 0.222. The first-order chi connectivity index (χ1) is 13.5. The minimum absolute atomic E-state index is 0.0185. The van der Waals surface area contributed by atoms with Gasteiger partial charge >= 0.3 is 12.1 Å². The molecule has 0 amide bonds. The van der Waals surface area contributed by atoms with Gasteiger partial charge in [0.2, 0.25) is 0 Å². The van der Waals surface area contributed by atoms with Gasteiger partial charge in [-0.15, -0.1) is 0 Å². The highest BCUT2D eigenvalue weighted by Gasteiger charge is 2.32. The van der Waals surface area contributed by atoms with Crippen LogP contribution in [0.1, 0.15) is 23.7 Å². The molecule has 0 unspecified atom stereocenters. The summed E-state index contributed by atoms with van der Waals surface area (Å²) in [5.74, 6) is -0.474. The first-order valence-corrected chi connectivity index (χ1v) is 7.93. The third-order valence-electron chi connectivity index (χ3n) is 3.22. The van der Waals surface area contributed by atoms with Crippen molar-refractivity contribution in [3.63, 3.8) is 0 Å². The summed E-state index contributed by atoms with van der Waals surface area (Å²) in [7, 11) is 0. The number of hydrogen-bond donors (Lipinski definition) is 3. The molecular weight excluding hydrogens is 389 g/mol. The number of benzene rings is 1. The minimum atomic E-state index is -4.58. The van der Waals surface area contributed by atoms with Crippen molar-refractivity contribution < 1.29 is 22.7 Å². The molecule has 4 N–H and O–H groups in total. The summed E-state index contributed by atoms with van der Waals surface area (Å²) >= 11 is 0. The zero-order valence-corrected chi connectivity index (χ0v) is 15.5. The summed E-state index contributed by atoms with van der Waals surface area (Å²) < 4.78 is 42.4. The van der Waals surface area contributed by atoms with Gasteiger partial charge in [-0.2, -0.15) is 18.4 Å². The van der Waals surface area contributed by atoms with Gasteiger partial charge in [0.05, 0.1) is 5.71 Å². The number of nitrogens with two attached hydrogens (primary N) is 1. The van der Waals surface area contributed by atoms with Crippen molar-refractivity contribution in [3.05, 3.63) is 47.3 Å². The summed E-state index contributed by atoms with van der Waals surface area (Å²) in [6, 6.07) is 6.84. The van der Waals surface area contributed by atoms with Crippen molar-refractivity contribution >= 4 is 17.4 Å². The van der Waals surface area contributed by atoms with Gasteiger partial charge in [-0.05, 0) is 36.8 Å². The first-order valence-electron chi connectivity index (χ1n) is 7.93. The predicted molar refractivity (Wildman–Crippen MR) is 98.2 cm³/mol. The number of nitriles is 1. The van der Waals surface area contributed by atoms with Crippen LogP contribution in [0.4, 0.5) is 13.2 Å². The Bertz CT molecular complexity index is 967. The lowest BCUT2D eigenvalue weighted by molar-refractivity contribution is -0.141. The number of halogens is 3. The third-order valence-corrected chi connectivity index (χ3v) is 3.22. The van der Waals surface area contributed by atoms with Gasteiger partial charge in [0, 0.05) is 24.2 Å². The molecule has 1 heterocycles. The number of aromatic nitrogens is 2. The number of hydrogen-bond acceptors (Lipinski definition) is 8. The molecule has 0 atom stereocenters. The Morgan fingerprint density at radius 2 is 1.97 bits per heavy atom. The largest absolute Gasteiger partial charge is 0.450 e. The van der Waals surface area contributed by atoms with Crippen molar-refractivity contribution in [2.24, 2.45) is 5.73 Å². The Hall–Kier alpha value is -3.65. The Balaban J connectivity index is 0.000000612. The molecule has 0 fully saturated rings. The molecule has 0 bridgehead atoms. The summed E-state index contributed by atoms with van der Waals surface area (Å²) in [5, 5.41) is 23.8. The van der Waals surface area contributed by atoms with Gasteiger partial charge < -0.3 is 4.74 Å². The number of rotatable bonds is 4. The van der Waals surface area contributed by atoms with E-state index in [1.807, 2.05) is 0 Å². The van der Waals surface area contributed by atoms with Crippen molar-refractivity contribution in [2.45, 2.75) is 20.0 Å². The molecule has 2 rings (SSSR count). The van der Waals surface area contributed by atoms with E-state index < -0.39 is 17.6 Å². The number of ether oxygens (including phenoxy) is 1. The molecule has 11 heteroatoms. The molecule has 0 saturated carbocycles. The lowest BCUT2D eigenvalue weighted by atomic mass is 10.0. The maximum absolute atomic E-state index is 12.7. The number of nitrogens with one attached hydrogen (secondary N) is 2. The smallest absolute Gasteiger partial charge is 0.433 e. The molecule has 0 aliphatic heterocycles. The molecule has 0 spiro atoms. The van der Waals surface area contributed by atoms with E-state index in [9.17, 15) is 18.0 Å². The van der Waals surface area contributed by atoms with Crippen LogP contribution in [-0.4, -0.2) is 34.1 Å². The number of alkyl halides is 3. The van der Waals surface area contributed by atoms with E-state index in [4.69, 9.17) is 21.8 Å². The van der Waals surface area contributed by atoms with Crippen molar-refractivity contribution in [3.8, 4) is 17.5 Å². The number of esters is 1. The second-order valence-electron chi connectivity index (χ2n) is 5.52. The van der Waals surface area contributed by atoms with Gasteiger partial charge in [-0.3, -0.25) is 21.3 Å². The van der Waals surface area contributed by atoms with Crippen LogP contribution in [0.25, 0.3) is 11.4 Å². The monoisotopic (exact) mass is 406 g/mol. The van der Waals surface area contributed by atoms with Crippen molar-refractivity contribution in [1.29, 1.82) is 16.1 Å². The van der Waals surface area contributed by atoms with Crippen LogP contribution in [0, 0.1) is 29.1 Å². The van der Waals surface area contributed by atoms with Crippen LogP contribution in [0.15, 0.2) is 30.5 Å². The lowest BCUT2D eigenvalue weighted by Crippen LogP contribution is -2.12. The van der Waals surface area contributed by atoms with E-state index in [-0.39, 0.29) is 35.4 Å². The standard InChI is InChI=1S/C15H10F3N5.C3H7NO2/c1-8-4-9(13(21)11(20)7-19)6-10(5-8)14-22-3-2-12(23-14)15(16,17)18;1-3(5)6-2-4/h2-6,20-21H,1H3;2,4H2,1H3. The SMILES string of the molecule is CC(=O)OCN.Cc1cc(C(=N)C(=N)C#N)cc(-c2nccc(C(F)(F)F)n2)c1. The highest BCUT2D eigenvalue weighted by molar-refractivity contribution is 6.51. The topological polar surface area (TPSA) is 150 Å². The molecule has 8 nitrogen and oxygen atoms in total. The summed E-state index contributed by atoms with van der Waals surface area (Å²) in [4.78, 5) is 17.1. The molecule has 0 aliphatic rings. The van der Waals surface area contributed by atoms with Crippen molar-refractivity contribution in [1.82, 2.24) is 9.97 Å². The van der Waals surface area contributed by atoms with Crippen LogP contribution in [0.2, 0.25) is 0 Å². The molecule has 1 aromatic heterocycles. The molecule has 0 aliphatic carbocycles. The van der Waals surface area contributed by atoms with Gasteiger partial charge in [-0.1, -0.05) is 0 Å². The molecule has 29 heavy (non-hydrogen) atoms. The molecular formula is C18H17F3N6O2. The number of carbonyl (C=O) groups is 1. The summed E-state index contributed by atoms with van der Waals surface area (Å²) in [5.41, 5.74) is 4.04. The average molecular weight is 406 g/mol. The maximum Gasteiger partial charge on any atom is 0.433 e. The third kappa shape index (κ3) is 7.11. The normalized spacial score (nSPS) is 10.2. The lowest BCUT2D eigenvalue weighted by Gasteiger charge is -2.09. The fourth-order valence-electron chi connectivity index (χ4n) is 2.03. The van der Waals surface area contributed by atoms with E-state index in [0.29, 0.717) is 5.56 Å². The Morgan fingerprint density at radius 3 is 2.45 bits per heavy atom. The zero-order valence-electron chi connectivity index (χ0n) is 15.5. The number of carbonyl (C=O) groups excluding carboxylic acids is 1. The molecule has 0 saturated heterocycles. The van der Waals surface area contributed by atoms with Gasteiger partial charge in [0.15, 0.2) is 11.5 Å². The number of nitrogens with zero attached hydrogens (tertiary/aromatic N) is 3. The van der Waals surface area contributed by atoms with E-state index in [2.05, 4.69) is 14.7 Å². The Labute approximate surface area is 164 Å². The van der Waals surface area contributed by atoms with Crippen LogP contribution in [-0.2, 0) is 15.7 Å². The molecule has 2 aromatic rings. The summed E-state index contributed by atoms with van der Waals surface area (Å²) in [6.07, 6.45) is -3.57. The molecule has 152 valence electrons. The maximum atomic E-state index is 12.7. The zero-order chi connectivity index (χ0) is 22.2. The van der Waals surface area contributed by atoms with Gasteiger partial charge in [-0.25, -0.2) is 9.97 Å². The van der Waals surface area contributed by atoms with Crippen LogP contribution in [0.3, 0.4) is 0 Å². The second-order valence-corrected chi connectivity index (χ2v) is 5.52. The quantitative estimate of drug-likeness (QED) is 0.404. The van der Waals surface area contributed by atoms with Crippen LogP contribution >= 0.6 is 0 Å². The van der Waals surface area contributed by atoms with E-state index in [0.717, 1.165) is 12.3 Å². The fourth-order valence-corrected chi connectivity index (χ4v) is 2.03. The molecule has 1 aromatic carbocycles. The minimum Gasteiger partial charge on any atom is -0.450 e. The first kappa shape index (κ1) is 23.4. The van der Waals surface area contributed by atoms with Crippen molar-refractivity contribution in [2.75, 3.05) is 6.73 Å². The van der Waals surface area contributed by atoms with Crippen LogP contribution < -0.4 is 5.73 Å². The molecule has 0 radical (unpaired) electrons. The predicted octanol–water partition coefficient (Wildman–Crippen LogP) is 2.85. The van der Waals surface area contributed by atoms with E-state index in [1.165, 1.54) is 13.0 Å². The second kappa shape index (κ2) is 10.0. The van der Waals surface area contributed by atoms with Crippen LogP contribution in [0.5, 0.6) is 0 Å². The highest BCUT2D eigenvalue weighted by atomic mass is 19.4. The summed E-state index contributed by atoms with van der Waals surface area (Å²) in [6.45, 7) is 2.98. The van der Waals surface area contributed by atoms with E-state index in [1.54, 1.807) is 25.1 Å². The van der Waals surface area contributed by atoms with Gasteiger partial charge in [0.1, 0.15) is 18.5 Å². The van der Waals surface area contributed by atoms with E-state index >= 15 is 0 Å². The Morgan fingerprint density at radius 1 is 1.31 bits per heavy atom. The van der Waals surface area contributed by atoms with Gasteiger partial charge in [0.25, 0.3) is 0 Å². The highest BCUT2D eigenvalue weighted by Crippen LogP contribution is 2.29. The number of aryl methyl sites for hydroxylation is 1. The average Bonchev–Trinajstić information content (AvgIpc) is 2.66.